The molecular weight excluding hydrogens is 252 g/mol. The zero-order valence-corrected chi connectivity index (χ0v) is 12.1. The van der Waals surface area contributed by atoms with Crippen molar-refractivity contribution in [2.24, 2.45) is 5.92 Å². The molecule has 2 saturated heterocycles. The molecule has 0 radical (unpaired) electrons. The van der Waals surface area contributed by atoms with Gasteiger partial charge in [0.15, 0.2) is 0 Å². The number of allylic oxidation sites excluding steroid dienone is 1. The number of nitrogens with zero attached hydrogens (tertiary/aromatic N) is 1. The van der Waals surface area contributed by atoms with Gasteiger partial charge in [-0.2, -0.15) is 0 Å². The number of piperidine rings is 2. The summed E-state index contributed by atoms with van der Waals surface area (Å²) in [6.07, 6.45) is 10.1. The molecule has 2 amide bonds. The van der Waals surface area contributed by atoms with Crippen molar-refractivity contribution in [3.05, 3.63) is 11.6 Å². The third-order valence-electron chi connectivity index (χ3n) is 4.94. The number of carbonyl (C=O) groups is 2. The molecule has 2 aliphatic heterocycles. The minimum atomic E-state index is 0.179. The van der Waals surface area contributed by atoms with Crippen molar-refractivity contribution in [2.45, 2.75) is 57.4 Å². The molecule has 3 rings (SSSR count). The Morgan fingerprint density at radius 3 is 3.00 bits per heavy atom. The van der Waals surface area contributed by atoms with Crippen LogP contribution in [0.4, 0.5) is 0 Å². The van der Waals surface area contributed by atoms with Crippen molar-refractivity contribution in [1.29, 1.82) is 0 Å². The first-order chi connectivity index (χ1) is 9.72. The van der Waals surface area contributed by atoms with E-state index in [2.05, 4.69) is 11.4 Å². The maximum atomic E-state index is 12.4. The normalized spacial score (nSPS) is 30.3. The summed E-state index contributed by atoms with van der Waals surface area (Å²) in [5, 5.41) is 3.07. The molecule has 2 fully saturated rings. The minimum absolute atomic E-state index is 0.179. The van der Waals surface area contributed by atoms with Crippen LogP contribution in [-0.2, 0) is 9.59 Å². The largest absolute Gasteiger partial charge is 0.353 e. The van der Waals surface area contributed by atoms with E-state index in [0.717, 1.165) is 38.8 Å². The van der Waals surface area contributed by atoms with Crippen molar-refractivity contribution < 1.29 is 9.59 Å². The fourth-order valence-corrected chi connectivity index (χ4v) is 3.71. The molecule has 110 valence electrons. The lowest BCUT2D eigenvalue weighted by molar-refractivity contribution is -0.134. The highest BCUT2D eigenvalue weighted by molar-refractivity contribution is 5.79. The van der Waals surface area contributed by atoms with E-state index in [9.17, 15) is 9.59 Å². The van der Waals surface area contributed by atoms with Gasteiger partial charge >= 0.3 is 0 Å². The fourth-order valence-electron chi connectivity index (χ4n) is 3.71. The number of fused-ring (bicyclic) bond motifs is 1. The van der Waals surface area contributed by atoms with E-state index in [-0.39, 0.29) is 11.8 Å². The highest BCUT2D eigenvalue weighted by Crippen LogP contribution is 2.27. The van der Waals surface area contributed by atoms with Gasteiger partial charge in [-0.1, -0.05) is 11.6 Å². The highest BCUT2D eigenvalue weighted by atomic mass is 16.2. The number of carbonyl (C=O) groups excluding carboxylic acids is 2. The Kier molecular flexibility index (Phi) is 4.08. The number of likely N-dealkylation sites (tertiary alicyclic amines) is 1. The van der Waals surface area contributed by atoms with Gasteiger partial charge in [-0.25, -0.2) is 0 Å². The Bertz CT molecular complexity index is 430. The van der Waals surface area contributed by atoms with Crippen LogP contribution < -0.4 is 5.32 Å². The third-order valence-corrected chi connectivity index (χ3v) is 4.94. The predicted octanol–water partition coefficient (Wildman–Crippen LogP) is 2.00. The first-order valence-electron chi connectivity index (χ1n) is 7.97. The van der Waals surface area contributed by atoms with E-state index in [1.54, 1.807) is 0 Å². The van der Waals surface area contributed by atoms with Crippen LogP contribution in [-0.4, -0.2) is 35.8 Å². The van der Waals surface area contributed by atoms with E-state index in [4.69, 9.17) is 0 Å². The Hall–Kier alpha value is -1.32. The maximum Gasteiger partial charge on any atom is 0.226 e. The molecule has 2 atom stereocenters. The zero-order valence-electron chi connectivity index (χ0n) is 12.1. The standard InChI is InChI=1S/C16H24N2O2/c19-15-7-6-13-11-18(9-8-14(13)17-15)16(20)10-12-4-2-1-3-5-12/h4,13-14H,1-3,5-11H2,(H,17,19). The molecule has 4 nitrogen and oxygen atoms in total. The molecule has 1 N–H and O–H groups in total. The summed E-state index contributed by atoms with van der Waals surface area (Å²) in [7, 11) is 0. The van der Waals surface area contributed by atoms with Crippen LogP contribution in [0, 0.1) is 5.92 Å². The number of hydrogen-bond acceptors (Lipinski definition) is 2. The van der Waals surface area contributed by atoms with Crippen LogP contribution in [0.25, 0.3) is 0 Å². The zero-order chi connectivity index (χ0) is 13.9. The molecule has 1 aliphatic carbocycles. The molecule has 0 saturated carbocycles. The van der Waals surface area contributed by atoms with E-state index in [1.807, 2.05) is 4.90 Å². The Morgan fingerprint density at radius 1 is 1.30 bits per heavy atom. The van der Waals surface area contributed by atoms with Crippen LogP contribution in [0.3, 0.4) is 0 Å². The van der Waals surface area contributed by atoms with Crippen molar-refractivity contribution >= 4 is 11.8 Å². The van der Waals surface area contributed by atoms with Gasteiger partial charge in [0.2, 0.25) is 11.8 Å². The third kappa shape index (κ3) is 3.05. The minimum Gasteiger partial charge on any atom is -0.353 e. The van der Waals surface area contributed by atoms with Crippen LogP contribution in [0.15, 0.2) is 11.6 Å². The second kappa shape index (κ2) is 5.98. The van der Waals surface area contributed by atoms with Crippen LogP contribution in [0.2, 0.25) is 0 Å². The first-order valence-corrected chi connectivity index (χ1v) is 7.97. The smallest absolute Gasteiger partial charge is 0.226 e. The van der Waals surface area contributed by atoms with Crippen LogP contribution >= 0.6 is 0 Å². The lowest BCUT2D eigenvalue weighted by atomic mass is 9.85. The molecular formula is C16H24N2O2. The quantitative estimate of drug-likeness (QED) is 0.784. The predicted molar refractivity (Wildman–Crippen MR) is 77.0 cm³/mol. The Balaban J connectivity index is 1.54. The monoisotopic (exact) mass is 276 g/mol. The average Bonchev–Trinajstić information content (AvgIpc) is 2.47. The second-order valence-electron chi connectivity index (χ2n) is 6.39. The summed E-state index contributed by atoms with van der Waals surface area (Å²) < 4.78 is 0. The number of rotatable bonds is 2. The Morgan fingerprint density at radius 2 is 2.20 bits per heavy atom. The number of amides is 2. The van der Waals surface area contributed by atoms with Gasteiger partial charge in [-0.3, -0.25) is 9.59 Å². The Labute approximate surface area is 120 Å². The summed E-state index contributed by atoms with van der Waals surface area (Å²) in [5.74, 6) is 0.928. The van der Waals surface area contributed by atoms with Crippen molar-refractivity contribution in [2.75, 3.05) is 13.1 Å². The van der Waals surface area contributed by atoms with Gasteiger partial charge in [-0.05, 0) is 44.4 Å². The van der Waals surface area contributed by atoms with Crippen molar-refractivity contribution in [1.82, 2.24) is 10.2 Å². The van der Waals surface area contributed by atoms with E-state index < -0.39 is 0 Å². The van der Waals surface area contributed by atoms with Gasteiger partial charge < -0.3 is 10.2 Å². The lowest BCUT2D eigenvalue weighted by Gasteiger charge is -2.41. The van der Waals surface area contributed by atoms with Gasteiger partial charge in [-0.15, -0.1) is 0 Å². The first kappa shape index (κ1) is 13.7. The summed E-state index contributed by atoms with van der Waals surface area (Å²) in [4.78, 5) is 25.8. The molecule has 2 unspecified atom stereocenters. The fraction of sp³-hybridized carbons (Fsp3) is 0.750. The topological polar surface area (TPSA) is 49.4 Å². The average molecular weight is 276 g/mol. The summed E-state index contributed by atoms with van der Waals surface area (Å²) in [6, 6.07) is 0.300. The van der Waals surface area contributed by atoms with Gasteiger partial charge in [0.1, 0.15) is 0 Å². The summed E-state index contributed by atoms with van der Waals surface area (Å²) in [6.45, 7) is 1.63. The van der Waals surface area contributed by atoms with Gasteiger partial charge in [0, 0.05) is 32.0 Å². The molecule has 3 aliphatic rings. The van der Waals surface area contributed by atoms with Gasteiger partial charge in [0.25, 0.3) is 0 Å². The lowest BCUT2D eigenvalue weighted by Crippen LogP contribution is -2.55. The number of hydrogen-bond donors (Lipinski definition) is 1. The SMILES string of the molecule is O=C1CCC2CN(C(=O)CC3=CCCCC3)CCC2N1. The molecule has 0 aromatic rings. The molecule has 2 heterocycles. The molecule has 0 bridgehead atoms. The highest BCUT2D eigenvalue weighted by Gasteiger charge is 2.35. The summed E-state index contributed by atoms with van der Waals surface area (Å²) in [5.41, 5.74) is 1.33. The molecule has 0 aromatic heterocycles. The molecule has 4 heteroatoms. The maximum absolute atomic E-state index is 12.4. The molecule has 0 aromatic carbocycles. The molecule has 20 heavy (non-hydrogen) atoms. The second-order valence-corrected chi connectivity index (χ2v) is 6.39. The van der Waals surface area contributed by atoms with E-state index in [0.29, 0.717) is 24.8 Å². The summed E-state index contributed by atoms with van der Waals surface area (Å²) >= 11 is 0. The molecule has 0 spiro atoms. The van der Waals surface area contributed by atoms with Crippen LogP contribution in [0.5, 0.6) is 0 Å². The van der Waals surface area contributed by atoms with Crippen molar-refractivity contribution in [3.63, 3.8) is 0 Å². The van der Waals surface area contributed by atoms with E-state index >= 15 is 0 Å². The van der Waals surface area contributed by atoms with E-state index in [1.165, 1.54) is 18.4 Å². The van der Waals surface area contributed by atoms with Crippen LogP contribution in [0.1, 0.15) is 51.4 Å². The van der Waals surface area contributed by atoms with Crippen molar-refractivity contribution in [3.8, 4) is 0 Å². The number of nitrogens with one attached hydrogen (secondary N) is 1. The van der Waals surface area contributed by atoms with Gasteiger partial charge in [0.05, 0.1) is 0 Å².